The zero-order chi connectivity index (χ0) is 25.1. The predicted molar refractivity (Wildman–Crippen MR) is 129 cm³/mol. The van der Waals surface area contributed by atoms with E-state index in [4.69, 9.17) is 4.42 Å². The first-order valence-electron chi connectivity index (χ1n) is 10.5. The summed E-state index contributed by atoms with van der Waals surface area (Å²) in [5, 5.41) is 10.6. The minimum Gasteiger partial charge on any atom is -0.415 e. The van der Waals surface area contributed by atoms with E-state index in [2.05, 4.69) is 25.2 Å². The van der Waals surface area contributed by atoms with Crippen LogP contribution in [-0.2, 0) is 14.8 Å². The van der Waals surface area contributed by atoms with E-state index in [0.29, 0.717) is 16.9 Å². The molecule has 0 saturated carbocycles. The Morgan fingerprint density at radius 1 is 0.971 bits per heavy atom. The lowest BCUT2D eigenvalue weighted by molar-refractivity contribution is -0.124. The molecule has 2 heterocycles. The zero-order valence-electron chi connectivity index (χ0n) is 18.9. The Kier molecular flexibility index (Phi) is 6.61. The molecule has 0 saturated heterocycles. The quantitative estimate of drug-likeness (QED) is 0.367. The van der Waals surface area contributed by atoms with Crippen LogP contribution in [0.15, 0.2) is 82.2 Å². The third-order valence-corrected chi connectivity index (χ3v) is 6.40. The molecule has 0 bridgehead atoms. The highest BCUT2D eigenvalue weighted by molar-refractivity contribution is 7.92. The van der Waals surface area contributed by atoms with Crippen LogP contribution in [0.1, 0.15) is 13.8 Å². The van der Waals surface area contributed by atoms with E-state index in [1.807, 2.05) is 0 Å². The van der Waals surface area contributed by atoms with Gasteiger partial charge in [0.05, 0.1) is 16.0 Å². The van der Waals surface area contributed by atoms with Gasteiger partial charge in [-0.1, -0.05) is 18.2 Å². The highest BCUT2D eigenvalue weighted by atomic mass is 32.2. The van der Waals surface area contributed by atoms with Crippen LogP contribution in [0, 0.1) is 5.41 Å². The van der Waals surface area contributed by atoms with Crippen LogP contribution in [0.3, 0.4) is 0 Å². The molecule has 35 heavy (non-hydrogen) atoms. The molecule has 0 aliphatic rings. The summed E-state index contributed by atoms with van der Waals surface area (Å²) in [6, 6.07) is 17.5. The monoisotopic (exact) mass is 495 g/mol. The number of hydrogen-bond donors (Lipinski definition) is 2. The fraction of sp³-hybridized carbons (Fsp3) is 0.167. The summed E-state index contributed by atoms with van der Waals surface area (Å²) in [7, 11) is -3.99. The topological polar surface area (TPSA) is 127 Å². The summed E-state index contributed by atoms with van der Waals surface area (Å²) in [6.45, 7) is 2.13. The maximum Gasteiger partial charge on any atom is 0.266 e. The van der Waals surface area contributed by atoms with E-state index < -0.39 is 28.0 Å². The van der Waals surface area contributed by atoms with Gasteiger partial charge in [-0.2, -0.15) is 0 Å². The number of carbonyl (C=O) groups excluding carboxylic acids is 1. The van der Waals surface area contributed by atoms with Crippen LogP contribution < -0.4 is 10.0 Å². The molecule has 9 nitrogen and oxygen atoms in total. The lowest BCUT2D eigenvalue weighted by atomic mass is 9.94. The van der Waals surface area contributed by atoms with Crippen molar-refractivity contribution in [3.05, 3.63) is 72.9 Å². The number of halogens is 1. The number of amides is 1. The molecule has 0 aliphatic carbocycles. The Bertz CT molecular complexity index is 1460. The van der Waals surface area contributed by atoms with Gasteiger partial charge in [-0.05, 0) is 62.4 Å². The maximum absolute atomic E-state index is 13.1. The molecule has 0 spiro atoms. The predicted octanol–water partition coefficient (Wildman–Crippen LogP) is 4.53. The maximum atomic E-state index is 13.1. The second-order valence-electron chi connectivity index (χ2n) is 8.31. The van der Waals surface area contributed by atoms with Gasteiger partial charge in [-0.3, -0.25) is 14.5 Å². The van der Waals surface area contributed by atoms with Gasteiger partial charge in [-0.25, -0.2) is 12.8 Å². The number of nitrogens with one attached hydrogen (secondary N) is 2. The van der Waals surface area contributed by atoms with Gasteiger partial charge in [-0.15, -0.1) is 10.2 Å². The average Bonchev–Trinajstić information content (AvgIpc) is 3.35. The van der Waals surface area contributed by atoms with Crippen molar-refractivity contribution in [3.63, 3.8) is 0 Å². The fourth-order valence-corrected chi connectivity index (χ4v) is 4.06. The SMILES string of the molecule is CC(C)(CF)C(=O)Nc1cccc(NS(=O)(=O)c2cccc(-c3nnc(-c4ccccn4)o3)c2)c1. The molecule has 0 fully saturated rings. The number of sulfonamides is 1. The van der Waals surface area contributed by atoms with Crippen molar-refractivity contribution in [1.82, 2.24) is 15.2 Å². The van der Waals surface area contributed by atoms with E-state index in [-0.39, 0.29) is 22.4 Å². The third-order valence-electron chi connectivity index (χ3n) is 5.02. The van der Waals surface area contributed by atoms with Crippen LogP contribution in [0.25, 0.3) is 23.0 Å². The van der Waals surface area contributed by atoms with E-state index in [0.717, 1.165) is 0 Å². The van der Waals surface area contributed by atoms with Gasteiger partial charge in [0.1, 0.15) is 12.4 Å². The molecule has 2 aromatic heterocycles. The van der Waals surface area contributed by atoms with Crippen LogP contribution >= 0.6 is 0 Å². The standard InChI is InChI=1S/C24H22FN5O4S/c1-24(2,15-25)23(31)27-17-8-6-9-18(14-17)30-35(32,33)19-10-5-7-16(13-19)21-28-29-22(34-21)20-11-3-4-12-26-20/h3-14,30H,15H2,1-2H3,(H,27,31). The molecule has 0 aliphatic heterocycles. The van der Waals surface area contributed by atoms with Crippen molar-refractivity contribution >= 4 is 27.3 Å². The zero-order valence-corrected chi connectivity index (χ0v) is 19.7. The normalized spacial score (nSPS) is 11.7. The van der Waals surface area contributed by atoms with Gasteiger partial charge in [0.2, 0.25) is 11.8 Å². The third kappa shape index (κ3) is 5.52. The van der Waals surface area contributed by atoms with Crippen molar-refractivity contribution in [2.24, 2.45) is 5.41 Å². The number of rotatable bonds is 8. The van der Waals surface area contributed by atoms with Crippen molar-refractivity contribution in [2.45, 2.75) is 18.7 Å². The first kappa shape index (κ1) is 24.0. The minimum absolute atomic E-state index is 0.0272. The summed E-state index contributed by atoms with van der Waals surface area (Å²) in [5.74, 6) is -0.165. The van der Waals surface area contributed by atoms with Crippen molar-refractivity contribution in [3.8, 4) is 23.0 Å². The molecule has 180 valence electrons. The number of anilines is 2. The largest absolute Gasteiger partial charge is 0.415 e. The highest BCUT2D eigenvalue weighted by Gasteiger charge is 2.27. The smallest absolute Gasteiger partial charge is 0.266 e. The summed E-state index contributed by atoms with van der Waals surface area (Å²) in [4.78, 5) is 16.4. The van der Waals surface area contributed by atoms with E-state index in [1.165, 1.54) is 38.1 Å². The van der Waals surface area contributed by atoms with E-state index in [1.54, 1.807) is 48.7 Å². The summed E-state index contributed by atoms with van der Waals surface area (Å²) >= 11 is 0. The Hall–Kier alpha value is -4.12. The second-order valence-corrected chi connectivity index (χ2v) is 10.00. The van der Waals surface area contributed by atoms with Crippen molar-refractivity contribution in [1.29, 1.82) is 0 Å². The lowest BCUT2D eigenvalue weighted by Crippen LogP contribution is -2.32. The first-order valence-corrected chi connectivity index (χ1v) is 12.0. The molecule has 4 rings (SSSR count). The molecule has 4 aromatic rings. The molecule has 0 unspecified atom stereocenters. The minimum atomic E-state index is -3.99. The summed E-state index contributed by atoms with van der Waals surface area (Å²) < 4.78 is 47.3. The molecular formula is C24H22FN5O4S. The summed E-state index contributed by atoms with van der Waals surface area (Å²) in [5.41, 5.74) is 0.261. The lowest BCUT2D eigenvalue weighted by Gasteiger charge is -2.19. The molecule has 0 atom stereocenters. The number of hydrogen-bond acceptors (Lipinski definition) is 7. The summed E-state index contributed by atoms with van der Waals surface area (Å²) in [6.07, 6.45) is 1.60. The second kappa shape index (κ2) is 9.63. The fourth-order valence-electron chi connectivity index (χ4n) is 2.96. The van der Waals surface area contributed by atoms with Crippen molar-refractivity contribution in [2.75, 3.05) is 16.7 Å². The van der Waals surface area contributed by atoms with Gasteiger partial charge in [0.25, 0.3) is 15.9 Å². The first-order chi connectivity index (χ1) is 16.7. The van der Waals surface area contributed by atoms with Gasteiger partial charge >= 0.3 is 0 Å². The van der Waals surface area contributed by atoms with Crippen LogP contribution in [-0.4, -0.2) is 36.2 Å². The van der Waals surface area contributed by atoms with Crippen LogP contribution in [0.2, 0.25) is 0 Å². The van der Waals surface area contributed by atoms with Crippen molar-refractivity contribution < 1.29 is 22.0 Å². The molecule has 0 radical (unpaired) electrons. The Morgan fingerprint density at radius 3 is 2.46 bits per heavy atom. The number of benzene rings is 2. The number of pyridine rings is 1. The molecule has 11 heteroatoms. The highest BCUT2D eigenvalue weighted by Crippen LogP contribution is 2.27. The number of aromatic nitrogens is 3. The Balaban J connectivity index is 1.54. The molecule has 2 N–H and O–H groups in total. The van der Waals surface area contributed by atoms with E-state index >= 15 is 0 Å². The number of carbonyl (C=O) groups is 1. The number of nitrogens with zero attached hydrogens (tertiary/aromatic N) is 3. The molecule has 1 amide bonds. The Labute approximate surface area is 201 Å². The van der Waals surface area contributed by atoms with Gasteiger partial charge < -0.3 is 9.73 Å². The van der Waals surface area contributed by atoms with E-state index in [9.17, 15) is 17.6 Å². The average molecular weight is 496 g/mol. The molecule has 2 aromatic carbocycles. The van der Waals surface area contributed by atoms with Gasteiger partial charge in [0.15, 0.2) is 0 Å². The number of alkyl halides is 1. The molecular weight excluding hydrogens is 473 g/mol. The van der Waals surface area contributed by atoms with Crippen LogP contribution in [0.5, 0.6) is 0 Å². The van der Waals surface area contributed by atoms with Gasteiger partial charge in [0, 0.05) is 17.4 Å². The Morgan fingerprint density at radius 2 is 1.71 bits per heavy atom. The van der Waals surface area contributed by atoms with Crippen LogP contribution in [0.4, 0.5) is 15.8 Å².